The predicted molar refractivity (Wildman–Crippen MR) is 66.0 cm³/mol. The molecule has 3 heteroatoms. The maximum atomic E-state index is 5.74. The van der Waals surface area contributed by atoms with E-state index in [9.17, 15) is 0 Å². The Morgan fingerprint density at radius 3 is 2.93 bits per heavy atom. The monoisotopic (exact) mass is 267 g/mol. The average Bonchev–Trinajstić information content (AvgIpc) is 2.27. The zero-order valence-electron chi connectivity index (χ0n) is 8.72. The Bertz CT molecular complexity index is 412. The molecule has 0 unspecified atom stereocenters. The normalized spacial score (nSPS) is 14.5. The van der Waals surface area contributed by atoms with Gasteiger partial charge in [0.2, 0.25) is 0 Å². The molecular weight excluding hydrogens is 254 g/mol. The van der Waals surface area contributed by atoms with Gasteiger partial charge in [-0.2, -0.15) is 0 Å². The van der Waals surface area contributed by atoms with Crippen LogP contribution in [0.5, 0.6) is 5.75 Å². The minimum Gasteiger partial charge on any atom is -0.496 e. The number of allylic oxidation sites excluding steroid dienone is 1. The van der Waals surface area contributed by atoms with E-state index < -0.39 is 0 Å². The lowest BCUT2D eigenvalue weighted by molar-refractivity contribution is 0.409. The highest BCUT2D eigenvalue weighted by atomic mass is 79.9. The molecule has 0 spiro atoms. The van der Waals surface area contributed by atoms with Crippen molar-refractivity contribution in [3.05, 3.63) is 33.8 Å². The first-order valence-electron chi connectivity index (χ1n) is 5.02. The maximum Gasteiger partial charge on any atom is 0.123 e. The molecule has 0 aromatic heterocycles. The van der Waals surface area contributed by atoms with E-state index in [0.717, 1.165) is 23.1 Å². The second-order valence-electron chi connectivity index (χ2n) is 3.61. The smallest absolute Gasteiger partial charge is 0.123 e. The van der Waals surface area contributed by atoms with Gasteiger partial charge in [-0.3, -0.25) is 0 Å². The Labute approximate surface area is 98.2 Å². The SMILES string of the molecule is COc1cc(Br)cc2c1CCC=C2CN. The van der Waals surface area contributed by atoms with Crippen molar-refractivity contribution in [1.29, 1.82) is 0 Å². The van der Waals surface area contributed by atoms with Crippen LogP contribution in [0.15, 0.2) is 22.7 Å². The summed E-state index contributed by atoms with van der Waals surface area (Å²) in [6, 6.07) is 4.13. The van der Waals surface area contributed by atoms with Gasteiger partial charge in [0.15, 0.2) is 0 Å². The quantitative estimate of drug-likeness (QED) is 0.895. The van der Waals surface area contributed by atoms with Crippen LogP contribution in [0.1, 0.15) is 17.5 Å². The van der Waals surface area contributed by atoms with Crippen molar-refractivity contribution in [2.24, 2.45) is 5.73 Å². The summed E-state index contributed by atoms with van der Waals surface area (Å²) in [7, 11) is 1.71. The Balaban J connectivity index is 2.58. The number of methoxy groups -OCH3 is 1. The standard InChI is InChI=1S/C12H14BrNO/c1-15-12-6-9(13)5-11-8(7-14)3-2-4-10(11)12/h3,5-6H,2,4,7,14H2,1H3. The molecule has 80 valence electrons. The first-order chi connectivity index (χ1) is 7.26. The van der Waals surface area contributed by atoms with Crippen LogP contribution in [0.25, 0.3) is 5.57 Å². The Morgan fingerprint density at radius 1 is 1.47 bits per heavy atom. The van der Waals surface area contributed by atoms with Gasteiger partial charge in [-0.1, -0.05) is 22.0 Å². The summed E-state index contributed by atoms with van der Waals surface area (Å²) in [6.07, 6.45) is 4.31. The maximum absolute atomic E-state index is 5.74. The van der Waals surface area contributed by atoms with E-state index in [1.807, 2.05) is 6.07 Å². The molecule has 1 aliphatic carbocycles. The number of nitrogens with two attached hydrogens (primary N) is 1. The Morgan fingerprint density at radius 2 is 2.27 bits per heavy atom. The summed E-state index contributed by atoms with van der Waals surface area (Å²) in [5.74, 6) is 0.957. The van der Waals surface area contributed by atoms with Gasteiger partial charge >= 0.3 is 0 Å². The van der Waals surface area contributed by atoms with Crippen molar-refractivity contribution in [3.63, 3.8) is 0 Å². The second kappa shape index (κ2) is 4.37. The lowest BCUT2D eigenvalue weighted by atomic mass is 9.90. The molecule has 0 atom stereocenters. The van der Waals surface area contributed by atoms with Gasteiger partial charge in [0, 0.05) is 16.6 Å². The summed E-state index contributed by atoms with van der Waals surface area (Å²) in [6.45, 7) is 0.590. The van der Waals surface area contributed by atoms with Gasteiger partial charge in [0.1, 0.15) is 5.75 Å². The number of hydrogen-bond donors (Lipinski definition) is 1. The molecule has 0 saturated heterocycles. The van der Waals surface area contributed by atoms with E-state index in [2.05, 4.69) is 28.1 Å². The Kier molecular flexibility index (Phi) is 3.12. The van der Waals surface area contributed by atoms with Gasteiger partial charge in [0.05, 0.1) is 7.11 Å². The first kappa shape index (κ1) is 10.7. The van der Waals surface area contributed by atoms with Crippen molar-refractivity contribution < 1.29 is 4.74 Å². The predicted octanol–water partition coefficient (Wildman–Crippen LogP) is 2.75. The number of halogens is 1. The van der Waals surface area contributed by atoms with Gasteiger partial charge in [-0.15, -0.1) is 0 Å². The molecule has 2 rings (SSSR count). The molecule has 2 N–H and O–H groups in total. The molecule has 0 amide bonds. The molecular formula is C12H14BrNO. The van der Waals surface area contributed by atoms with Crippen molar-refractivity contribution >= 4 is 21.5 Å². The third kappa shape index (κ3) is 1.94. The molecule has 0 radical (unpaired) electrons. The number of benzene rings is 1. The fraction of sp³-hybridized carbons (Fsp3) is 0.333. The highest BCUT2D eigenvalue weighted by Crippen LogP contribution is 2.35. The van der Waals surface area contributed by atoms with E-state index >= 15 is 0 Å². The van der Waals surface area contributed by atoms with Crippen molar-refractivity contribution in [1.82, 2.24) is 0 Å². The van der Waals surface area contributed by atoms with Crippen LogP contribution < -0.4 is 10.5 Å². The summed E-state index contributed by atoms with van der Waals surface area (Å²) >= 11 is 3.49. The number of ether oxygens (including phenoxy) is 1. The zero-order valence-corrected chi connectivity index (χ0v) is 10.3. The largest absolute Gasteiger partial charge is 0.496 e. The van der Waals surface area contributed by atoms with Crippen molar-refractivity contribution in [3.8, 4) is 5.75 Å². The lowest BCUT2D eigenvalue weighted by Crippen LogP contribution is -2.09. The van der Waals surface area contributed by atoms with Crippen LogP contribution in [0.3, 0.4) is 0 Å². The Hall–Kier alpha value is -0.800. The molecule has 0 bridgehead atoms. The fourth-order valence-corrected chi connectivity index (χ4v) is 2.47. The fourth-order valence-electron chi connectivity index (χ4n) is 2.03. The average molecular weight is 268 g/mol. The van der Waals surface area contributed by atoms with Crippen LogP contribution in [0, 0.1) is 0 Å². The summed E-state index contributed by atoms with van der Waals surface area (Å²) in [5.41, 5.74) is 9.47. The molecule has 0 heterocycles. The zero-order chi connectivity index (χ0) is 10.8. The van der Waals surface area contributed by atoms with E-state index in [1.54, 1.807) is 7.11 Å². The molecule has 0 aliphatic heterocycles. The van der Waals surface area contributed by atoms with Gasteiger partial charge in [0.25, 0.3) is 0 Å². The van der Waals surface area contributed by atoms with E-state index in [4.69, 9.17) is 10.5 Å². The molecule has 15 heavy (non-hydrogen) atoms. The topological polar surface area (TPSA) is 35.2 Å². The van der Waals surface area contributed by atoms with Gasteiger partial charge < -0.3 is 10.5 Å². The van der Waals surface area contributed by atoms with Crippen LogP contribution >= 0.6 is 15.9 Å². The molecule has 1 aromatic carbocycles. The van der Waals surface area contributed by atoms with Crippen LogP contribution in [0.2, 0.25) is 0 Å². The molecule has 2 nitrogen and oxygen atoms in total. The summed E-state index contributed by atoms with van der Waals surface area (Å²) < 4.78 is 6.43. The van der Waals surface area contributed by atoms with Crippen LogP contribution in [-0.4, -0.2) is 13.7 Å². The first-order valence-corrected chi connectivity index (χ1v) is 5.81. The highest BCUT2D eigenvalue weighted by molar-refractivity contribution is 9.10. The van der Waals surface area contributed by atoms with Gasteiger partial charge in [-0.25, -0.2) is 0 Å². The minimum absolute atomic E-state index is 0.590. The lowest BCUT2D eigenvalue weighted by Gasteiger charge is -2.20. The number of fused-ring (bicyclic) bond motifs is 1. The molecule has 0 fully saturated rings. The van der Waals surface area contributed by atoms with Crippen LogP contribution in [0.4, 0.5) is 0 Å². The second-order valence-corrected chi connectivity index (χ2v) is 4.52. The summed E-state index contributed by atoms with van der Waals surface area (Å²) in [5, 5.41) is 0. The van der Waals surface area contributed by atoms with E-state index in [-0.39, 0.29) is 0 Å². The number of rotatable bonds is 2. The third-order valence-corrected chi connectivity index (χ3v) is 3.20. The third-order valence-electron chi connectivity index (χ3n) is 2.74. The van der Waals surface area contributed by atoms with Gasteiger partial charge in [-0.05, 0) is 36.1 Å². The molecule has 1 aromatic rings. The van der Waals surface area contributed by atoms with E-state index in [1.165, 1.54) is 16.7 Å². The molecule has 0 saturated carbocycles. The summed E-state index contributed by atoms with van der Waals surface area (Å²) in [4.78, 5) is 0. The minimum atomic E-state index is 0.590. The molecule has 1 aliphatic rings. The van der Waals surface area contributed by atoms with Crippen LogP contribution in [-0.2, 0) is 6.42 Å². The van der Waals surface area contributed by atoms with Crippen molar-refractivity contribution in [2.75, 3.05) is 13.7 Å². The van der Waals surface area contributed by atoms with E-state index in [0.29, 0.717) is 6.54 Å². The van der Waals surface area contributed by atoms with Crippen molar-refractivity contribution in [2.45, 2.75) is 12.8 Å². The number of hydrogen-bond acceptors (Lipinski definition) is 2. The highest BCUT2D eigenvalue weighted by Gasteiger charge is 2.16.